The number of aromatic hydroxyl groups is 2. The van der Waals surface area contributed by atoms with Gasteiger partial charge in [-0.1, -0.05) is 52.3 Å². The molecule has 3 aromatic carbocycles. The van der Waals surface area contributed by atoms with E-state index in [1.807, 2.05) is 18.2 Å². The fourth-order valence-corrected chi connectivity index (χ4v) is 6.83. The molecule has 7 heteroatoms. The summed E-state index contributed by atoms with van der Waals surface area (Å²) in [7, 11) is 0. The molecule has 2 atom stereocenters. The largest absolute Gasteiger partial charge is 0.507 e. The molecule has 2 heterocycles. The number of phenolic OH excluding ortho intramolecular Hbond substituents is 2. The van der Waals surface area contributed by atoms with E-state index >= 15 is 0 Å². The number of phenols is 2. The summed E-state index contributed by atoms with van der Waals surface area (Å²) < 4.78 is 2.50. The number of pyridine rings is 1. The monoisotopic (exact) mass is 660 g/mol. The zero-order valence-electron chi connectivity index (χ0n) is 30.0. The second-order valence-corrected chi connectivity index (χ2v) is 13.8. The highest BCUT2D eigenvalue weighted by Gasteiger charge is 2.18. The second kappa shape index (κ2) is 16.2. The van der Waals surface area contributed by atoms with Crippen LogP contribution in [-0.4, -0.2) is 50.2 Å². The third kappa shape index (κ3) is 8.70. The molecule has 0 radical (unpaired) electrons. The van der Waals surface area contributed by atoms with Crippen molar-refractivity contribution >= 4 is 22.5 Å². The van der Waals surface area contributed by atoms with Gasteiger partial charge in [0.15, 0.2) is 0 Å². The van der Waals surface area contributed by atoms with Gasteiger partial charge in [-0.05, 0) is 117 Å². The number of fused-ring (bicyclic) bond motifs is 1. The Labute approximate surface area is 291 Å². The number of hydrogen-bond acceptors (Lipinski definition) is 5. The average molecular weight is 661 g/mol. The van der Waals surface area contributed by atoms with Crippen LogP contribution in [0.5, 0.6) is 11.5 Å². The van der Waals surface area contributed by atoms with Gasteiger partial charge in [-0.2, -0.15) is 0 Å². The molecule has 7 nitrogen and oxygen atoms in total. The van der Waals surface area contributed by atoms with Crippen LogP contribution in [0.4, 0.5) is 5.69 Å². The summed E-state index contributed by atoms with van der Waals surface area (Å²) in [6, 6.07) is 20.7. The maximum absolute atomic E-state index is 13.2. The number of carbonyl (C=O) groups is 1. The van der Waals surface area contributed by atoms with Crippen molar-refractivity contribution in [2.75, 3.05) is 25.0 Å². The minimum Gasteiger partial charge on any atom is -0.507 e. The SMILES string of the molecule is CCCN(CCC(C)CC)CC(C)Cn1c(C)c(C)c2cc(Cc3cccc(C(=O)Nc4cc(O)c(-c5ccncc5)c(O)c4)c3)ccc21. The molecule has 1 amide bonds. The van der Waals surface area contributed by atoms with Gasteiger partial charge in [0, 0.05) is 65.5 Å². The van der Waals surface area contributed by atoms with Crippen molar-refractivity contribution in [3.05, 3.63) is 107 Å². The highest BCUT2D eigenvalue weighted by molar-refractivity contribution is 6.05. The topological polar surface area (TPSA) is 90.6 Å². The van der Waals surface area contributed by atoms with Crippen LogP contribution in [0.25, 0.3) is 22.0 Å². The molecule has 0 bridgehead atoms. The van der Waals surface area contributed by atoms with Crippen LogP contribution >= 0.6 is 0 Å². The second-order valence-electron chi connectivity index (χ2n) is 13.8. The van der Waals surface area contributed by atoms with Crippen LogP contribution < -0.4 is 5.32 Å². The van der Waals surface area contributed by atoms with Crippen LogP contribution in [0.1, 0.15) is 79.7 Å². The Morgan fingerprint density at radius 3 is 2.31 bits per heavy atom. The van der Waals surface area contributed by atoms with Crippen molar-refractivity contribution in [3.8, 4) is 22.6 Å². The highest BCUT2D eigenvalue weighted by Crippen LogP contribution is 2.39. The van der Waals surface area contributed by atoms with E-state index in [2.05, 4.69) is 79.5 Å². The highest BCUT2D eigenvalue weighted by atomic mass is 16.3. The van der Waals surface area contributed by atoms with Gasteiger partial charge in [0.25, 0.3) is 5.91 Å². The van der Waals surface area contributed by atoms with Crippen molar-refractivity contribution in [1.29, 1.82) is 0 Å². The third-order valence-electron chi connectivity index (χ3n) is 9.86. The molecule has 0 saturated heterocycles. The van der Waals surface area contributed by atoms with E-state index in [9.17, 15) is 15.0 Å². The van der Waals surface area contributed by atoms with E-state index in [-0.39, 0.29) is 17.4 Å². The first-order valence-electron chi connectivity index (χ1n) is 17.7. The Bertz CT molecular complexity index is 1860. The maximum Gasteiger partial charge on any atom is 0.255 e. The summed E-state index contributed by atoms with van der Waals surface area (Å²) in [4.78, 5) is 19.9. The molecule has 49 heavy (non-hydrogen) atoms. The first-order valence-corrected chi connectivity index (χ1v) is 17.7. The fraction of sp³-hybridized carbons (Fsp3) is 0.381. The average Bonchev–Trinajstić information content (AvgIpc) is 3.31. The number of anilines is 1. The lowest BCUT2D eigenvalue weighted by Crippen LogP contribution is -2.32. The molecular formula is C42H52N4O3. The quantitative estimate of drug-likeness (QED) is 0.104. The first-order chi connectivity index (χ1) is 23.6. The van der Waals surface area contributed by atoms with E-state index in [0.717, 1.165) is 31.1 Å². The van der Waals surface area contributed by atoms with E-state index in [0.29, 0.717) is 34.7 Å². The minimum atomic E-state index is -0.317. The number of carbonyl (C=O) groups excluding carboxylic acids is 1. The third-order valence-corrected chi connectivity index (χ3v) is 9.86. The molecule has 0 saturated carbocycles. The number of rotatable bonds is 15. The summed E-state index contributed by atoms with van der Waals surface area (Å²) in [6.45, 7) is 18.2. The van der Waals surface area contributed by atoms with Crippen molar-refractivity contribution in [3.63, 3.8) is 0 Å². The predicted molar refractivity (Wildman–Crippen MR) is 202 cm³/mol. The Morgan fingerprint density at radius 1 is 0.898 bits per heavy atom. The molecular weight excluding hydrogens is 608 g/mol. The molecule has 2 aromatic heterocycles. The smallest absolute Gasteiger partial charge is 0.255 e. The Morgan fingerprint density at radius 2 is 1.61 bits per heavy atom. The molecule has 0 aliphatic carbocycles. The zero-order chi connectivity index (χ0) is 35.1. The molecule has 2 unspecified atom stereocenters. The van der Waals surface area contributed by atoms with Crippen LogP contribution in [0.2, 0.25) is 0 Å². The number of aryl methyl sites for hydroxylation is 1. The van der Waals surface area contributed by atoms with Crippen molar-refractivity contribution in [2.24, 2.45) is 11.8 Å². The Hall–Kier alpha value is -4.62. The standard InChI is InChI=1S/C42H52N4O3/c1-7-19-45(20-16-28(3)8-2)26-29(4)27-46-31(6)30(5)37-23-33(12-13-38(37)46)21-32-10-9-11-35(22-32)42(49)44-36-24-39(47)41(40(48)25-36)34-14-17-43-18-15-34/h9-15,17-18,22-25,28-29,47-48H,7-8,16,19-21,26-27H2,1-6H3,(H,44,49). The maximum atomic E-state index is 13.2. The number of benzene rings is 3. The van der Waals surface area contributed by atoms with E-state index < -0.39 is 0 Å². The van der Waals surface area contributed by atoms with Gasteiger partial charge < -0.3 is 25.0 Å². The molecule has 0 spiro atoms. The fourth-order valence-electron chi connectivity index (χ4n) is 6.83. The van der Waals surface area contributed by atoms with Crippen LogP contribution in [0.3, 0.4) is 0 Å². The van der Waals surface area contributed by atoms with E-state index in [1.165, 1.54) is 65.7 Å². The summed E-state index contributed by atoms with van der Waals surface area (Å²) in [6.07, 6.45) is 7.57. The molecule has 0 fully saturated rings. The molecule has 3 N–H and O–H groups in total. The van der Waals surface area contributed by atoms with E-state index in [4.69, 9.17) is 0 Å². The van der Waals surface area contributed by atoms with Gasteiger partial charge in [-0.25, -0.2) is 0 Å². The molecule has 0 aliphatic rings. The van der Waals surface area contributed by atoms with Gasteiger partial charge >= 0.3 is 0 Å². The Kier molecular flexibility index (Phi) is 11.8. The number of hydrogen-bond donors (Lipinski definition) is 3. The number of nitrogens with one attached hydrogen (secondary N) is 1. The lowest BCUT2D eigenvalue weighted by atomic mass is 10.0. The van der Waals surface area contributed by atoms with Crippen LogP contribution in [0, 0.1) is 25.7 Å². The van der Waals surface area contributed by atoms with E-state index in [1.54, 1.807) is 30.6 Å². The summed E-state index contributed by atoms with van der Waals surface area (Å²) in [5, 5.41) is 25.4. The lowest BCUT2D eigenvalue weighted by Gasteiger charge is -2.27. The van der Waals surface area contributed by atoms with Crippen molar-refractivity contribution in [1.82, 2.24) is 14.5 Å². The van der Waals surface area contributed by atoms with Gasteiger partial charge in [-0.15, -0.1) is 0 Å². The van der Waals surface area contributed by atoms with Crippen molar-refractivity contribution < 1.29 is 15.0 Å². The first kappa shape index (κ1) is 35.7. The summed E-state index contributed by atoms with van der Waals surface area (Å²) >= 11 is 0. The van der Waals surface area contributed by atoms with Crippen molar-refractivity contribution in [2.45, 2.75) is 73.8 Å². The molecule has 0 aliphatic heterocycles. The minimum absolute atomic E-state index is 0.130. The predicted octanol–water partition coefficient (Wildman–Crippen LogP) is 9.36. The number of amides is 1. The molecule has 5 aromatic rings. The summed E-state index contributed by atoms with van der Waals surface area (Å²) in [5.41, 5.74) is 7.88. The van der Waals surface area contributed by atoms with Crippen LogP contribution in [-0.2, 0) is 13.0 Å². The molecule has 5 rings (SSSR count). The van der Waals surface area contributed by atoms with Gasteiger partial charge in [0.2, 0.25) is 0 Å². The van der Waals surface area contributed by atoms with Crippen LogP contribution in [0.15, 0.2) is 79.1 Å². The lowest BCUT2D eigenvalue weighted by molar-refractivity contribution is 0.102. The normalized spacial score (nSPS) is 12.8. The van der Waals surface area contributed by atoms with Gasteiger partial charge in [0.1, 0.15) is 11.5 Å². The number of aromatic nitrogens is 2. The number of nitrogens with zero attached hydrogens (tertiary/aromatic N) is 3. The summed E-state index contributed by atoms with van der Waals surface area (Å²) in [5.74, 6) is 0.736. The van der Waals surface area contributed by atoms with Gasteiger partial charge in [0.05, 0.1) is 5.56 Å². The molecule has 258 valence electrons. The zero-order valence-corrected chi connectivity index (χ0v) is 30.0. The Balaban J connectivity index is 1.27. The van der Waals surface area contributed by atoms with Gasteiger partial charge in [-0.3, -0.25) is 9.78 Å².